The average molecular weight is 447 g/mol. The number of ether oxygens (including phenoxy) is 3. The molecule has 0 aromatic heterocycles. The fourth-order valence-corrected chi connectivity index (χ4v) is 4.71. The van der Waals surface area contributed by atoms with E-state index in [1.807, 2.05) is 4.90 Å². The smallest absolute Gasteiger partial charge is 0.371 e. The molecule has 0 aromatic rings. The summed E-state index contributed by atoms with van der Waals surface area (Å²) < 4.78 is 45.2. The largest absolute Gasteiger partial charge is 0.466 e. The van der Waals surface area contributed by atoms with Gasteiger partial charge in [0.15, 0.2) is 0 Å². The van der Waals surface area contributed by atoms with E-state index in [1.54, 1.807) is 27.7 Å². The molecule has 1 aliphatic carbocycles. The summed E-state index contributed by atoms with van der Waals surface area (Å²) in [6.07, 6.45) is 3.78. The fraction of sp³-hybridized carbons (Fsp3) is 0.909. The van der Waals surface area contributed by atoms with Crippen molar-refractivity contribution in [3.63, 3.8) is 0 Å². The third-order valence-electron chi connectivity index (χ3n) is 6.05. The Morgan fingerprint density at radius 2 is 1.68 bits per heavy atom. The minimum atomic E-state index is -2.86. The molecule has 0 radical (unpaired) electrons. The minimum Gasteiger partial charge on any atom is -0.466 e. The molecule has 2 saturated heterocycles. The molecule has 3 rings (SSSR count). The standard InChI is InChI=1S/C22H36F2N2O5/c1-5-29-18(27)16-9-8-10-17(13-16)30-22(25-11-6-7-12-25,19(28)31-20(2,3)4)26-14-21(23,24)15-26/h16-17H,5-15H2,1-4H3. The second-order valence-electron chi connectivity index (χ2n) is 9.87. The third-order valence-corrected chi connectivity index (χ3v) is 6.05. The van der Waals surface area contributed by atoms with E-state index < -0.39 is 42.5 Å². The maximum atomic E-state index is 13.9. The number of rotatable bonds is 7. The summed E-state index contributed by atoms with van der Waals surface area (Å²) >= 11 is 0. The summed E-state index contributed by atoms with van der Waals surface area (Å²) in [5.74, 6) is -5.80. The van der Waals surface area contributed by atoms with Crippen LogP contribution in [-0.4, -0.2) is 78.0 Å². The van der Waals surface area contributed by atoms with E-state index in [1.165, 1.54) is 4.90 Å². The number of carbonyl (C=O) groups excluding carboxylic acids is 2. The van der Waals surface area contributed by atoms with Crippen LogP contribution in [0, 0.1) is 5.92 Å². The monoisotopic (exact) mass is 446 g/mol. The van der Waals surface area contributed by atoms with Crippen molar-refractivity contribution in [2.45, 2.75) is 89.7 Å². The number of esters is 2. The van der Waals surface area contributed by atoms with Crippen LogP contribution in [0.3, 0.4) is 0 Å². The van der Waals surface area contributed by atoms with Crippen molar-refractivity contribution in [2.75, 3.05) is 32.8 Å². The molecule has 1 saturated carbocycles. The van der Waals surface area contributed by atoms with E-state index in [2.05, 4.69) is 0 Å². The fourth-order valence-electron chi connectivity index (χ4n) is 4.71. The Labute approximate surface area is 183 Å². The van der Waals surface area contributed by atoms with Crippen molar-refractivity contribution in [1.82, 2.24) is 9.80 Å². The average Bonchev–Trinajstić information content (AvgIpc) is 3.18. The lowest BCUT2D eigenvalue weighted by atomic mass is 9.87. The van der Waals surface area contributed by atoms with Gasteiger partial charge in [0, 0.05) is 13.1 Å². The van der Waals surface area contributed by atoms with Gasteiger partial charge in [0.05, 0.1) is 31.7 Å². The van der Waals surface area contributed by atoms with Crippen molar-refractivity contribution in [2.24, 2.45) is 5.92 Å². The van der Waals surface area contributed by atoms with E-state index in [0.717, 1.165) is 19.3 Å². The van der Waals surface area contributed by atoms with Crippen LogP contribution in [0.4, 0.5) is 8.78 Å². The third kappa shape index (κ3) is 5.54. The SMILES string of the molecule is CCOC(=O)C1CCCC(OC(C(=O)OC(C)(C)C)(N2CCCC2)N2CC(F)(F)C2)C1. The van der Waals surface area contributed by atoms with Crippen molar-refractivity contribution < 1.29 is 32.6 Å². The van der Waals surface area contributed by atoms with Crippen LogP contribution in [0.25, 0.3) is 0 Å². The van der Waals surface area contributed by atoms with Crippen molar-refractivity contribution in [3.8, 4) is 0 Å². The van der Waals surface area contributed by atoms with Crippen LogP contribution >= 0.6 is 0 Å². The molecule has 2 aliphatic heterocycles. The van der Waals surface area contributed by atoms with Gasteiger partial charge in [0.1, 0.15) is 5.60 Å². The summed E-state index contributed by atoms with van der Waals surface area (Å²) in [5, 5.41) is 0. The quantitative estimate of drug-likeness (QED) is 0.557. The molecule has 7 nitrogen and oxygen atoms in total. The lowest BCUT2D eigenvalue weighted by Gasteiger charge is -2.54. The molecule has 3 atom stereocenters. The van der Waals surface area contributed by atoms with Crippen LogP contribution in [0.2, 0.25) is 0 Å². The Morgan fingerprint density at radius 3 is 2.23 bits per heavy atom. The molecule has 3 fully saturated rings. The zero-order valence-corrected chi connectivity index (χ0v) is 19.1. The normalized spacial score (nSPS) is 29.1. The summed E-state index contributed by atoms with van der Waals surface area (Å²) in [7, 11) is 0. The summed E-state index contributed by atoms with van der Waals surface area (Å²) in [6, 6.07) is 0. The molecule has 9 heteroatoms. The highest BCUT2D eigenvalue weighted by Gasteiger charge is 2.63. The van der Waals surface area contributed by atoms with Crippen molar-refractivity contribution >= 4 is 11.9 Å². The van der Waals surface area contributed by atoms with Gasteiger partial charge in [-0.2, -0.15) is 0 Å². The molecule has 31 heavy (non-hydrogen) atoms. The van der Waals surface area contributed by atoms with Crippen LogP contribution < -0.4 is 0 Å². The van der Waals surface area contributed by atoms with E-state index in [9.17, 15) is 18.4 Å². The highest BCUT2D eigenvalue weighted by atomic mass is 19.3. The number of hydrogen-bond donors (Lipinski definition) is 0. The van der Waals surface area contributed by atoms with E-state index in [0.29, 0.717) is 39.0 Å². The van der Waals surface area contributed by atoms with E-state index >= 15 is 0 Å². The first-order valence-corrected chi connectivity index (χ1v) is 11.4. The number of hydrogen-bond acceptors (Lipinski definition) is 7. The van der Waals surface area contributed by atoms with Gasteiger partial charge in [-0.25, -0.2) is 18.5 Å². The molecular formula is C22H36F2N2O5. The predicted molar refractivity (Wildman–Crippen MR) is 109 cm³/mol. The van der Waals surface area contributed by atoms with Crippen LogP contribution in [0.5, 0.6) is 0 Å². The molecule has 0 N–H and O–H groups in total. The van der Waals surface area contributed by atoms with Gasteiger partial charge in [-0.1, -0.05) is 6.42 Å². The molecule has 3 unspecified atom stereocenters. The predicted octanol–water partition coefficient (Wildman–Crippen LogP) is 3.17. The molecule has 0 bridgehead atoms. The molecule has 3 aliphatic rings. The topological polar surface area (TPSA) is 68.3 Å². The highest BCUT2D eigenvalue weighted by Crippen LogP contribution is 2.41. The van der Waals surface area contributed by atoms with E-state index in [4.69, 9.17) is 14.2 Å². The summed E-state index contributed by atoms with van der Waals surface area (Å²) in [5.41, 5.74) is -0.793. The zero-order valence-electron chi connectivity index (χ0n) is 19.1. The number of carbonyl (C=O) groups is 2. The Hall–Kier alpha value is -1.32. The molecule has 0 amide bonds. The number of nitrogens with zero attached hydrogens (tertiary/aromatic N) is 2. The van der Waals surface area contributed by atoms with Crippen LogP contribution in [0.1, 0.15) is 66.2 Å². The molecule has 2 heterocycles. The Morgan fingerprint density at radius 1 is 1.03 bits per heavy atom. The van der Waals surface area contributed by atoms with Gasteiger partial charge in [-0.05, 0) is 59.8 Å². The first-order valence-electron chi connectivity index (χ1n) is 11.4. The maximum Gasteiger partial charge on any atom is 0.371 e. The lowest BCUT2D eigenvalue weighted by molar-refractivity contribution is -0.318. The summed E-state index contributed by atoms with van der Waals surface area (Å²) in [4.78, 5) is 29.1. The van der Waals surface area contributed by atoms with Crippen LogP contribution in [0.15, 0.2) is 0 Å². The highest BCUT2D eigenvalue weighted by molar-refractivity contribution is 5.79. The summed E-state index contributed by atoms with van der Waals surface area (Å²) in [6.45, 7) is 7.34. The van der Waals surface area contributed by atoms with Crippen molar-refractivity contribution in [1.29, 1.82) is 0 Å². The Bertz CT molecular complexity index is 655. The maximum absolute atomic E-state index is 13.9. The van der Waals surface area contributed by atoms with Gasteiger partial charge in [-0.3, -0.25) is 9.69 Å². The first kappa shape index (κ1) is 24.3. The zero-order chi connectivity index (χ0) is 22.9. The Kier molecular flexibility index (Phi) is 7.28. The van der Waals surface area contributed by atoms with Gasteiger partial charge < -0.3 is 14.2 Å². The van der Waals surface area contributed by atoms with Gasteiger partial charge in [-0.15, -0.1) is 0 Å². The Balaban J connectivity index is 1.88. The number of alkyl halides is 2. The van der Waals surface area contributed by atoms with Crippen molar-refractivity contribution in [3.05, 3.63) is 0 Å². The number of halogens is 2. The second kappa shape index (κ2) is 9.27. The minimum absolute atomic E-state index is 0.268. The molecular weight excluding hydrogens is 410 g/mol. The molecule has 0 aromatic carbocycles. The van der Waals surface area contributed by atoms with E-state index in [-0.39, 0.29) is 11.9 Å². The number of likely N-dealkylation sites (tertiary alicyclic amines) is 2. The first-order chi connectivity index (χ1) is 14.5. The molecule has 0 spiro atoms. The van der Waals surface area contributed by atoms with Gasteiger partial charge in [0.2, 0.25) is 0 Å². The van der Waals surface area contributed by atoms with Gasteiger partial charge in [0.25, 0.3) is 11.8 Å². The molecule has 178 valence electrons. The van der Waals surface area contributed by atoms with Crippen LogP contribution in [-0.2, 0) is 23.8 Å². The van der Waals surface area contributed by atoms with Gasteiger partial charge >= 0.3 is 11.9 Å². The second-order valence-corrected chi connectivity index (χ2v) is 9.87. The lowest BCUT2D eigenvalue weighted by Crippen LogP contribution is -2.76.